The van der Waals surface area contributed by atoms with Gasteiger partial charge in [0.15, 0.2) is 0 Å². The Labute approximate surface area is 165 Å². The molecule has 1 N–H and O–H groups in total. The molecule has 0 atom stereocenters. The van der Waals surface area contributed by atoms with Crippen molar-refractivity contribution in [2.75, 3.05) is 13.1 Å². The lowest BCUT2D eigenvalue weighted by molar-refractivity contribution is 0.202. The number of aromatic amines is 1. The smallest absolute Gasteiger partial charge is 0.204 e. The third-order valence-corrected chi connectivity index (χ3v) is 5.39. The Bertz CT molecular complexity index is 869. The van der Waals surface area contributed by atoms with Gasteiger partial charge in [-0.1, -0.05) is 32.0 Å². The molecule has 4 rings (SSSR count). The third kappa shape index (κ3) is 4.42. The van der Waals surface area contributed by atoms with E-state index >= 15 is 0 Å². The van der Waals surface area contributed by atoms with Crippen LogP contribution in [0.1, 0.15) is 49.4 Å². The van der Waals surface area contributed by atoms with Crippen LogP contribution in [0.3, 0.4) is 0 Å². The number of piperidine rings is 1. The molecule has 7 heteroatoms. The van der Waals surface area contributed by atoms with Crippen LogP contribution in [0, 0.1) is 5.92 Å². The van der Waals surface area contributed by atoms with E-state index in [0.717, 1.165) is 50.2 Å². The van der Waals surface area contributed by atoms with E-state index in [0.29, 0.717) is 17.7 Å². The zero-order valence-electron chi connectivity index (χ0n) is 16.5. The highest BCUT2D eigenvalue weighted by molar-refractivity contribution is 5.61. The molecule has 0 aliphatic carbocycles. The maximum absolute atomic E-state index is 4.23. The molecular weight excluding hydrogens is 350 g/mol. The first kappa shape index (κ1) is 18.7. The highest BCUT2D eigenvalue weighted by atomic mass is 15.5. The molecule has 1 aliphatic rings. The summed E-state index contributed by atoms with van der Waals surface area (Å²) in [6, 6.07) is 10.7. The van der Waals surface area contributed by atoms with Gasteiger partial charge in [-0.15, -0.1) is 10.2 Å². The lowest BCUT2D eigenvalue weighted by Gasteiger charge is -2.32. The van der Waals surface area contributed by atoms with Crippen molar-refractivity contribution in [3.63, 3.8) is 0 Å². The first-order valence-electron chi connectivity index (χ1n) is 10.0. The summed E-state index contributed by atoms with van der Waals surface area (Å²) in [6.07, 6.45) is 5.05. The van der Waals surface area contributed by atoms with Gasteiger partial charge in [0.05, 0.1) is 5.69 Å². The van der Waals surface area contributed by atoms with E-state index in [2.05, 4.69) is 67.8 Å². The van der Waals surface area contributed by atoms with Crippen LogP contribution in [0.15, 0.2) is 36.5 Å². The van der Waals surface area contributed by atoms with Gasteiger partial charge in [-0.05, 0) is 72.7 Å². The number of benzene rings is 1. The molecule has 2 aromatic heterocycles. The Hall–Kier alpha value is -2.67. The fraction of sp³-hybridized carbons (Fsp3) is 0.476. The number of likely N-dealkylation sites (tertiary alicyclic amines) is 1. The van der Waals surface area contributed by atoms with Gasteiger partial charge in [0.25, 0.3) is 0 Å². The molecule has 28 heavy (non-hydrogen) atoms. The summed E-state index contributed by atoms with van der Waals surface area (Å²) in [5.41, 5.74) is 4.89. The van der Waals surface area contributed by atoms with Gasteiger partial charge in [-0.25, -0.2) is 0 Å². The summed E-state index contributed by atoms with van der Waals surface area (Å²) in [6.45, 7) is 7.50. The molecular formula is C21H27N7. The molecule has 0 bridgehead atoms. The quantitative estimate of drug-likeness (QED) is 0.710. The number of rotatable bonds is 6. The number of H-pyrrole nitrogens is 1. The molecule has 3 aromatic rings. The van der Waals surface area contributed by atoms with Crippen molar-refractivity contribution >= 4 is 0 Å². The van der Waals surface area contributed by atoms with Crippen LogP contribution in [0.25, 0.3) is 11.4 Å². The first-order valence-corrected chi connectivity index (χ1v) is 10.0. The molecule has 0 spiro atoms. The monoisotopic (exact) mass is 377 g/mol. The summed E-state index contributed by atoms with van der Waals surface area (Å²) >= 11 is 0. The largest absolute Gasteiger partial charge is 0.297 e. The average molecular weight is 377 g/mol. The molecule has 0 unspecified atom stereocenters. The third-order valence-electron chi connectivity index (χ3n) is 5.39. The Morgan fingerprint density at radius 2 is 2.00 bits per heavy atom. The maximum atomic E-state index is 4.23. The first-order chi connectivity index (χ1) is 13.7. The van der Waals surface area contributed by atoms with Crippen molar-refractivity contribution in [1.82, 2.24) is 35.7 Å². The summed E-state index contributed by atoms with van der Waals surface area (Å²) in [5, 5.41) is 23.0. The Balaban J connectivity index is 1.51. The molecule has 146 valence electrons. The van der Waals surface area contributed by atoms with Crippen molar-refractivity contribution in [2.24, 2.45) is 5.92 Å². The van der Waals surface area contributed by atoms with Crippen molar-refractivity contribution in [2.45, 2.75) is 45.6 Å². The zero-order chi connectivity index (χ0) is 19.3. The minimum absolute atomic E-state index is 0.513. The topological polar surface area (TPSA) is 83.5 Å². The fourth-order valence-corrected chi connectivity index (χ4v) is 4.08. The van der Waals surface area contributed by atoms with Gasteiger partial charge < -0.3 is 0 Å². The Morgan fingerprint density at radius 1 is 1.14 bits per heavy atom. The molecule has 1 fully saturated rings. The highest BCUT2D eigenvalue weighted by Crippen LogP contribution is 2.35. The van der Waals surface area contributed by atoms with Crippen molar-refractivity contribution in [3.05, 3.63) is 53.3 Å². The van der Waals surface area contributed by atoms with E-state index in [-0.39, 0.29) is 0 Å². The molecule has 0 radical (unpaired) electrons. The normalized spacial score (nSPS) is 16.0. The number of hydrogen-bond donors (Lipinski definition) is 1. The minimum atomic E-state index is 0.513. The molecule has 1 aliphatic heterocycles. The summed E-state index contributed by atoms with van der Waals surface area (Å²) in [5.74, 6) is 1.84. The van der Waals surface area contributed by atoms with Crippen LogP contribution >= 0.6 is 0 Å². The second kappa shape index (κ2) is 8.56. The number of tetrazole rings is 1. The molecule has 0 amide bonds. The summed E-state index contributed by atoms with van der Waals surface area (Å²) < 4.78 is 0. The van der Waals surface area contributed by atoms with Crippen molar-refractivity contribution in [1.29, 1.82) is 0 Å². The van der Waals surface area contributed by atoms with E-state index in [1.807, 2.05) is 12.1 Å². The van der Waals surface area contributed by atoms with E-state index in [1.165, 1.54) is 11.1 Å². The minimum Gasteiger partial charge on any atom is -0.297 e. The molecule has 7 nitrogen and oxygen atoms in total. The van der Waals surface area contributed by atoms with E-state index in [9.17, 15) is 0 Å². The summed E-state index contributed by atoms with van der Waals surface area (Å²) in [7, 11) is 0. The van der Waals surface area contributed by atoms with Crippen LogP contribution < -0.4 is 0 Å². The number of aromatic nitrogens is 6. The Morgan fingerprint density at radius 3 is 2.68 bits per heavy atom. The average Bonchev–Trinajstić information content (AvgIpc) is 3.23. The van der Waals surface area contributed by atoms with Gasteiger partial charge in [0, 0.05) is 18.3 Å². The maximum Gasteiger partial charge on any atom is 0.204 e. The zero-order valence-corrected chi connectivity index (χ0v) is 16.5. The summed E-state index contributed by atoms with van der Waals surface area (Å²) in [4.78, 5) is 2.46. The van der Waals surface area contributed by atoms with Gasteiger partial charge in [0.2, 0.25) is 5.82 Å². The van der Waals surface area contributed by atoms with Crippen molar-refractivity contribution < 1.29 is 0 Å². The Kier molecular flexibility index (Phi) is 5.71. The number of hydrogen-bond acceptors (Lipinski definition) is 6. The van der Waals surface area contributed by atoms with E-state index < -0.39 is 0 Å². The SMILES string of the molecule is CC(C)Cc1ccc(-c2nn[nH]n2)c(C2CCN(Cc3cccnn3)CC2)c1. The second-order valence-corrected chi connectivity index (χ2v) is 8.02. The van der Waals surface area contributed by atoms with Crippen LogP contribution in [0.2, 0.25) is 0 Å². The lowest BCUT2D eigenvalue weighted by atomic mass is 9.84. The van der Waals surface area contributed by atoms with E-state index in [1.54, 1.807) is 6.20 Å². The van der Waals surface area contributed by atoms with Gasteiger partial charge in [-0.2, -0.15) is 15.4 Å². The standard InChI is InChI=1S/C21H27N7/c1-15(2)12-16-5-6-19(21-24-26-27-25-21)20(13-16)17-7-10-28(11-8-17)14-18-4-3-9-22-23-18/h3-6,9,13,15,17H,7-8,10-12,14H2,1-2H3,(H,24,25,26,27). The number of nitrogens with one attached hydrogen (secondary N) is 1. The van der Waals surface area contributed by atoms with Crippen LogP contribution in [0.4, 0.5) is 0 Å². The molecule has 1 aromatic carbocycles. The number of nitrogens with zero attached hydrogens (tertiary/aromatic N) is 6. The second-order valence-electron chi connectivity index (χ2n) is 8.02. The molecule has 0 saturated carbocycles. The fourth-order valence-electron chi connectivity index (χ4n) is 4.08. The van der Waals surface area contributed by atoms with Gasteiger partial charge in [0.1, 0.15) is 0 Å². The van der Waals surface area contributed by atoms with Crippen LogP contribution in [-0.2, 0) is 13.0 Å². The molecule has 1 saturated heterocycles. The predicted molar refractivity (Wildman–Crippen MR) is 107 cm³/mol. The van der Waals surface area contributed by atoms with Gasteiger partial charge >= 0.3 is 0 Å². The van der Waals surface area contributed by atoms with Crippen LogP contribution in [-0.4, -0.2) is 48.8 Å². The van der Waals surface area contributed by atoms with Crippen LogP contribution in [0.5, 0.6) is 0 Å². The predicted octanol–water partition coefficient (Wildman–Crippen LogP) is 3.23. The molecule has 3 heterocycles. The van der Waals surface area contributed by atoms with Crippen molar-refractivity contribution in [3.8, 4) is 11.4 Å². The van der Waals surface area contributed by atoms with Gasteiger partial charge in [-0.3, -0.25) is 4.90 Å². The highest BCUT2D eigenvalue weighted by Gasteiger charge is 2.24. The lowest BCUT2D eigenvalue weighted by Crippen LogP contribution is -2.33. The van der Waals surface area contributed by atoms with E-state index in [4.69, 9.17) is 0 Å².